The topological polar surface area (TPSA) is 79.0 Å². The minimum absolute atomic E-state index is 0.106. The summed E-state index contributed by atoms with van der Waals surface area (Å²) in [6, 6.07) is 18.5. The van der Waals surface area contributed by atoms with Crippen LogP contribution in [0, 0.1) is 0 Å². The van der Waals surface area contributed by atoms with E-state index in [0.29, 0.717) is 42.5 Å². The first-order valence-electron chi connectivity index (χ1n) is 10.9. The largest absolute Gasteiger partial charge is 0.454 e. The molecule has 0 saturated heterocycles. The first-order valence-corrected chi connectivity index (χ1v) is 12.4. The van der Waals surface area contributed by atoms with Crippen LogP contribution >= 0.6 is 0 Å². The third kappa shape index (κ3) is 3.75. The third-order valence-corrected chi connectivity index (χ3v) is 8.23. The van der Waals surface area contributed by atoms with Crippen LogP contribution < -0.4 is 15.0 Å². The number of rotatable bonds is 4. The van der Waals surface area contributed by atoms with Gasteiger partial charge in [-0.25, -0.2) is 12.7 Å². The van der Waals surface area contributed by atoms with Crippen LogP contribution in [-0.4, -0.2) is 38.8 Å². The molecule has 0 radical (unpaired) electrons. The van der Waals surface area contributed by atoms with Gasteiger partial charge in [0.1, 0.15) is 10.6 Å². The zero-order valence-corrected chi connectivity index (χ0v) is 19.4. The molecule has 5 rings (SSSR count). The van der Waals surface area contributed by atoms with Crippen LogP contribution in [0.25, 0.3) is 0 Å². The fourth-order valence-corrected chi connectivity index (χ4v) is 5.67. The van der Waals surface area contributed by atoms with Crippen LogP contribution in [0.4, 0.5) is 11.4 Å². The molecule has 0 unspecified atom stereocenters. The average molecular weight is 464 g/mol. The molecular formula is C25H25N3O4S. The Balaban J connectivity index is 1.68. The minimum Gasteiger partial charge on any atom is -0.454 e. The fraction of sp³-hybridized carbons (Fsp3) is 0.240. The van der Waals surface area contributed by atoms with Gasteiger partial charge in [0.05, 0.1) is 16.9 Å². The van der Waals surface area contributed by atoms with E-state index in [2.05, 4.69) is 22.3 Å². The fourth-order valence-electron chi connectivity index (χ4n) is 4.27. The first kappa shape index (κ1) is 21.5. The molecule has 1 amide bonds. The van der Waals surface area contributed by atoms with Crippen molar-refractivity contribution in [3.63, 3.8) is 0 Å². The van der Waals surface area contributed by atoms with E-state index in [4.69, 9.17) is 4.74 Å². The number of benzene rings is 3. The Labute approximate surface area is 193 Å². The molecule has 2 heterocycles. The molecule has 7 nitrogen and oxygen atoms in total. The van der Waals surface area contributed by atoms with Crippen molar-refractivity contribution in [2.24, 2.45) is 0 Å². The van der Waals surface area contributed by atoms with Crippen LogP contribution in [-0.2, 0) is 23.0 Å². The lowest BCUT2D eigenvalue weighted by molar-refractivity contribution is 0.102. The Hall–Kier alpha value is -3.36. The van der Waals surface area contributed by atoms with Crippen molar-refractivity contribution in [1.82, 2.24) is 4.31 Å². The molecule has 0 bridgehead atoms. The van der Waals surface area contributed by atoms with Crippen molar-refractivity contribution in [1.29, 1.82) is 0 Å². The zero-order valence-electron chi connectivity index (χ0n) is 18.5. The third-order valence-electron chi connectivity index (χ3n) is 6.27. The number of carbonyl (C=O) groups excluding carboxylic acids is 1. The molecule has 0 atom stereocenters. The number of carbonyl (C=O) groups is 1. The molecule has 0 aliphatic carbocycles. The molecule has 8 heteroatoms. The molecule has 0 saturated carbocycles. The van der Waals surface area contributed by atoms with E-state index < -0.39 is 15.9 Å². The maximum Gasteiger partial charge on any atom is 0.259 e. The number of nitrogens with one attached hydrogen (secondary N) is 1. The molecule has 170 valence electrons. The number of fused-ring (bicyclic) bond motifs is 3. The summed E-state index contributed by atoms with van der Waals surface area (Å²) >= 11 is 0. The highest BCUT2D eigenvalue weighted by Crippen LogP contribution is 2.41. The Bertz CT molecular complexity index is 1350. The van der Waals surface area contributed by atoms with Crippen LogP contribution in [0.15, 0.2) is 65.6 Å². The summed E-state index contributed by atoms with van der Waals surface area (Å²) in [7, 11) is -2.28. The number of hydrogen-bond acceptors (Lipinski definition) is 5. The normalized spacial score (nSPS) is 15.1. The van der Waals surface area contributed by atoms with Crippen molar-refractivity contribution < 1.29 is 17.9 Å². The van der Waals surface area contributed by atoms with Gasteiger partial charge >= 0.3 is 0 Å². The monoisotopic (exact) mass is 463 g/mol. The summed E-state index contributed by atoms with van der Waals surface area (Å²) in [4.78, 5) is 15.2. The summed E-state index contributed by atoms with van der Waals surface area (Å²) in [5.41, 5.74) is 3.70. The molecule has 2 aliphatic rings. The predicted octanol–water partition coefficient (Wildman–Crippen LogP) is 4.25. The quantitative estimate of drug-likeness (QED) is 0.626. The number of sulfonamides is 1. The van der Waals surface area contributed by atoms with Crippen LogP contribution in [0.2, 0.25) is 0 Å². The standard InChI is InChI=1S/C25H25N3O4S/c1-3-27(2)33(30,31)24-14-19-23(32-22-11-7-6-10-20(22)26-25(19)29)15-21(24)28-13-12-17-8-4-5-9-18(17)16-28/h4-11,14-15H,3,12-13,16H2,1-2H3,(H,26,29). The second kappa shape index (κ2) is 8.20. The smallest absolute Gasteiger partial charge is 0.259 e. The highest BCUT2D eigenvalue weighted by Gasteiger charge is 2.32. The molecule has 1 N–H and O–H groups in total. The summed E-state index contributed by atoms with van der Waals surface area (Å²) in [6.45, 7) is 3.34. The van der Waals surface area contributed by atoms with Gasteiger partial charge in [0.25, 0.3) is 5.91 Å². The zero-order chi connectivity index (χ0) is 23.2. The van der Waals surface area contributed by atoms with Gasteiger partial charge in [0.15, 0.2) is 5.75 Å². The first-order chi connectivity index (χ1) is 15.9. The summed E-state index contributed by atoms with van der Waals surface area (Å²) in [6.07, 6.45) is 0.806. The highest BCUT2D eigenvalue weighted by atomic mass is 32.2. The molecule has 0 spiro atoms. The summed E-state index contributed by atoms with van der Waals surface area (Å²) < 4.78 is 34.4. The highest BCUT2D eigenvalue weighted by molar-refractivity contribution is 7.89. The molecule has 0 fully saturated rings. The van der Waals surface area contributed by atoms with Gasteiger partial charge in [-0.2, -0.15) is 0 Å². The molecule has 33 heavy (non-hydrogen) atoms. The van der Waals surface area contributed by atoms with E-state index in [-0.39, 0.29) is 10.5 Å². The number of amides is 1. The van der Waals surface area contributed by atoms with Crippen LogP contribution in [0.1, 0.15) is 28.4 Å². The van der Waals surface area contributed by atoms with Crippen molar-refractivity contribution in [3.05, 3.63) is 77.4 Å². The van der Waals surface area contributed by atoms with Gasteiger partial charge in [0.2, 0.25) is 10.0 Å². The van der Waals surface area contributed by atoms with E-state index in [1.165, 1.54) is 15.9 Å². The molecule has 2 aliphatic heterocycles. The van der Waals surface area contributed by atoms with Crippen LogP contribution in [0.5, 0.6) is 11.5 Å². The van der Waals surface area contributed by atoms with Gasteiger partial charge in [0, 0.05) is 32.7 Å². The Morgan fingerprint density at radius 3 is 2.55 bits per heavy atom. The predicted molar refractivity (Wildman–Crippen MR) is 128 cm³/mol. The van der Waals surface area contributed by atoms with Gasteiger partial charge in [-0.15, -0.1) is 0 Å². The Kier molecular flexibility index (Phi) is 5.34. The SMILES string of the molecule is CCN(C)S(=O)(=O)c1cc2c(cc1N1CCc3ccccc3C1)Oc1ccccc1NC2=O. The van der Waals surface area contributed by atoms with Crippen LogP contribution in [0.3, 0.4) is 0 Å². The second-order valence-electron chi connectivity index (χ2n) is 8.23. The van der Waals surface area contributed by atoms with Gasteiger partial charge in [-0.05, 0) is 35.7 Å². The summed E-state index contributed by atoms with van der Waals surface area (Å²) in [5, 5.41) is 2.83. The van der Waals surface area contributed by atoms with E-state index in [9.17, 15) is 13.2 Å². The van der Waals surface area contributed by atoms with E-state index in [1.54, 1.807) is 38.2 Å². The van der Waals surface area contributed by atoms with Gasteiger partial charge in [-0.1, -0.05) is 43.3 Å². The number of anilines is 2. The van der Waals surface area contributed by atoms with Crippen molar-refractivity contribution >= 4 is 27.3 Å². The maximum atomic E-state index is 13.5. The number of nitrogens with zero attached hydrogens (tertiary/aromatic N) is 2. The lowest BCUT2D eigenvalue weighted by atomic mass is 9.99. The average Bonchev–Trinajstić information content (AvgIpc) is 2.97. The van der Waals surface area contributed by atoms with E-state index in [0.717, 1.165) is 12.0 Å². The number of ether oxygens (including phenoxy) is 1. The van der Waals surface area contributed by atoms with E-state index >= 15 is 0 Å². The van der Waals surface area contributed by atoms with E-state index in [1.807, 2.05) is 18.2 Å². The molecular weight excluding hydrogens is 438 g/mol. The second-order valence-corrected chi connectivity index (χ2v) is 10.2. The lowest BCUT2D eigenvalue weighted by Gasteiger charge is -2.33. The molecule has 3 aromatic rings. The number of hydrogen-bond donors (Lipinski definition) is 1. The molecule has 0 aromatic heterocycles. The van der Waals surface area contributed by atoms with Gasteiger partial charge in [-0.3, -0.25) is 4.79 Å². The van der Waals surface area contributed by atoms with Crippen molar-refractivity contribution in [2.75, 3.05) is 30.4 Å². The lowest BCUT2D eigenvalue weighted by Crippen LogP contribution is -2.34. The molecule has 3 aromatic carbocycles. The minimum atomic E-state index is -3.83. The van der Waals surface area contributed by atoms with Crippen molar-refractivity contribution in [2.45, 2.75) is 24.8 Å². The maximum absolute atomic E-state index is 13.5. The summed E-state index contributed by atoms with van der Waals surface area (Å²) in [5.74, 6) is 0.450. The van der Waals surface area contributed by atoms with Crippen molar-refractivity contribution in [3.8, 4) is 11.5 Å². The number of para-hydroxylation sites is 2. The Morgan fingerprint density at radius 1 is 1.03 bits per heavy atom. The Morgan fingerprint density at radius 2 is 1.76 bits per heavy atom. The van der Waals surface area contributed by atoms with Gasteiger partial charge < -0.3 is 15.0 Å².